The molecule has 0 N–H and O–H groups in total. The minimum absolute atomic E-state index is 0.349. The minimum atomic E-state index is -1.33. The Balaban J connectivity index is 2.24. The van der Waals surface area contributed by atoms with E-state index in [0.29, 0.717) is 21.0 Å². The lowest BCUT2D eigenvalue weighted by molar-refractivity contribution is 0.478. The summed E-state index contributed by atoms with van der Waals surface area (Å²) in [4.78, 5) is 0. The van der Waals surface area contributed by atoms with Crippen LogP contribution in [0.3, 0.4) is 0 Å². The maximum absolute atomic E-state index is 14.4. The summed E-state index contributed by atoms with van der Waals surface area (Å²) in [6.07, 6.45) is 3.16. The van der Waals surface area contributed by atoms with E-state index in [-0.39, 0.29) is 5.82 Å². The van der Waals surface area contributed by atoms with Gasteiger partial charge in [0.2, 0.25) is 0 Å². The zero-order valence-corrected chi connectivity index (χ0v) is 12.4. The first-order valence-corrected chi connectivity index (χ1v) is 7.21. The third kappa shape index (κ3) is 2.88. The summed E-state index contributed by atoms with van der Waals surface area (Å²) in [7, 11) is 0. The molecule has 3 heteroatoms. The van der Waals surface area contributed by atoms with Crippen molar-refractivity contribution in [3.8, 4) is 0 Å². The van der Waals surface area contributed by atoms with Crippen LogP contribution in [0.15, 0.2) is 65.7 Å². The summed E-state index contributed by atoms with van der Waals surface area (Å²) in [5, 5.41) is 2.97. The van der Waals surface area contributed by atoms with Gasteiger partial charge in [-0.2, -0.15) is 0 Å². The molecule has 1 atom stereocenters. The van der Waals surface area contributed by atoms with Crippen molar-refractivity contribution in [2.45, 2.75) is 6.17 Å². The van der Waals surface area contributed by atoms with E-state index in [1.54, 1.807) is 24.3 Å². The zero-order valence-electron chi connectivity index (χ0n) is 11.7. The van der Waals surface area contributed by atoms with Gasteiger partial charge in [-0.25, -0.2) is 8.78 Å². The fourth-order valence-corrected chi connectivity index (χ4v) is 2.59. The lowest BCUT2D eigenvalue weighted by Crippen LogP contribution is -2.14. The first-order chi connectivity index (χ1) is 10.5. The molecule has 1 unspecified atom stereocenters. The average Bonchev–Trinajstić information content (AvgIpc) is 2.48. The van der Waals surface area contributed by atoms with E-state index < -0.39 is 6.17 Å². The van der Waals surface area contributed by atoms with Crippen molar-refractivity contribution in [3.63, 3.8) is 0 Å². The first kappa shape index (κ1) is 14.7. The van der Waals surface area contributed by atoms with Crippen LogP contribution in [0.25, 0.3) is 12.2 Å². The molecule has 1 aliphatic carbocycles. The van der Waals surface area contributed by atoms with Gasteiger partial charge in [0.25, 0.3) is 0 Å². The number of hydrogen-bond acceptors (Lipinski definition) is 0. The summed E-state index contributed by atoms with van der Waals surface area (Å²) in [6.45, 7) is 3.80. The molecular formula is C19H13ClF2. The minimum Gasteiger partial charge on any atom is -0.238 e. The number of rotatable bonds is 0. The van der Waals surface area contributed by atoms with Crippen LogP contribution in [0.2, 0.25) is 0 Å². The van der Waals surface area contributed by atoms with Crippen LogP contribution in [0.5, 0.6) is 0 Å². The van der Waals surface area contributed by atoms with Crippen molar-refractivity contribution < 1.29 is 8.78 Å². The Morgan fingerprint density at radius 2 is 1.64 bits per heavy atom. The molecule has 0 aliphatic heterocycles. The quantitative estimate of drug-likeness (QED) is 0.695. The highest BCUT2D eigenvalue weighted by Crippen LogP contribution is 2.21. The van der Waals surface area contributed by atoms with Crippen LogP contribution in [-0.2, 0) is 0 Å². The summed E-state index contributed by atoms with van der Waals surface area (Å²) >= 11 is 5.76. The van der Waals surface area contributed by atoms with Gasteiger partial charge in [-0.05, 0) is 39.4 Å². The number of alkyl halides is 1. The molecule has 1 aliphatic rings. The molecule has 0 nitrogen and oxygen atoms in total. The molecule has 0 radical (unpaired) electrons. The summed E-state index contributed by atoms with van der Waals surface area (Å²) in [6, 6.07) is 12.0. The van der Waals surface area contributed by atoms with Gasteiger partial charge < -0.3 is 0 Å². The molecule has 0 heterocycles. The van der Waals surface area contributed by atoms with E-state index in [4.69, 9.17) is 11.6 Å². The van der Waals surface area contributed by atoms with E-state index in [0.717, 1.165) is 10.4 Å². The molecule has 0 fully saturated rings. The van der Waals surface area contributed by atoms with E-state index in [9.17, 15) is 8.78 Å². The van der Waals surface area contributed by atoms with Crippen molar-refractivity contribution >= 4 is 23.8 Å². The molecule has 110 valence electrons. The molecule has 0 bridgehead atoms. The van der Waals surface area contributed by atoms with Crippen molar-refractivity contribution in [2.24, 2.45) is 0 Å². The number of hydrogen-bond donors (Lipinski definition) is 0. The van der Waals surface area contributed by atoms with Crippen LogP contribution >= 0.6 is 11.6 Å². The molecule has 22 heavy (non-hydrogen) atoms. The molecule has 0 aromatic heterocycles. The number of halogens is 3. The van der Waals surface area contributed by atoms with Crippen LogP contribution < -0.4 is 10.4 Å². The van der Waals surface area contributed by atoms with Gasteiger partial charge >= 0.3 is 0 Å². The lowest BCUT2D eigenvalue weighted by Gasteiger charge is -2.10. The van der Waals surface area contributed by atoms with Gasteiger partial charge in [0, 0.05) is 10.3 Å². The zero-order chi connectivity index (χ0) is 15.7. The predicted octanol–water partition coefficient (Wildman–Crippen LogP) is 3.70. The molecule has 2 aromatic rings. The molecule has 3 rings (SSSR count). The Morgan fingerprint density at radius 3 is 2.27 bits per heavy atom. The fourth-order valence-electron chi connectivity index (χ4n) is 2.41. The maximum Gasteiger partial charge on any atom is 0.146 e. The molecule has 0 saturated carbocycles. The largest absolute Gasteiger partial charge is 0.238 e. The van der Waals surface area contributed by atoms with Gasteiger partial charge in [0.15, 0.2) is 0 Å². The Hall–Kier alpha value is -2.19. The SMILES string of the molecule is C=c1ccc(=c2cc/c(=C3\C=CC(Cl)=CC3F)cc2F)cc1. The standard InChI is InChI=1S/C19H13ClF2/c1-12-2-4-13(5-3-12)16-8-6-14(10-18(16)21)17-9-7-15(20)11-19(17)22/h2-11,19H,1H2/b17-14-. The summed E-state index contributed by atoms with van der Waals surface area (Å²) in [5.41, 5.74) is 0.406. The number of allylic oxidation sites excluding steroid dienone is 4. The Labute approximate surface area is 131 Å². The van der Waals surface area contributed by atoms with Gasteiger partial charge in [-0.15, -0.1) is 0 Å². The van der Waals surface area contributed by atoms with Crippen molar-refractivity contribution in [1.29, 1.82) is 0 Å². The highest BCUT2D eigenvalue weighted by atomic mass is 35.5. The van der Waals surface area contributed by atoms with Gasteiger partial charge in [-0.1, -0.05) is 60.7 Å². The smallest absolute Gasteiger partial charge is 0.146 e. The molecule has 2 aromatic carbocycles. The molecular weight excluding hydrogens is 302 g/mol. The average molecular weight is 315 g/mol. The molecule has 0 amide bonds. The van der Waals surface area contributed by atoms with E-state index in [1.807, 2.05) is 24.3 Å². The Morgan fingerprint density at radius 1 is 0.955 bits per heavy atom. The summed E-state index contributed by atoms with van der Waals surface area (Å²) < 4.78 is 28.4. The predicted molar refractivity (Wildman–Crippen MR) is 86.7 cm³/mol. The summed E-state index contributed by atoms with van der Waals surface area (Å²) in [5.74, 6) is -0.386. The van der Waals surface area contributed by atoms with E-state index >= 15 is 0 Å². The maximum atomic E-state index is 14.4. The normalized spacial score (nSPS) is 20.0. The third-order valence-electron chi connectivity index (χ3n) is 3.59. The second kappa shape index (κ2) is 5.90. The van der Waals surface area contributed by atoms with Crippen LogP contribution in [0.1, 0.15) is 0 Å². The van der Waals surface area contributed by atoms with E-state index in [1.165, 1.54) is 12.1 Å². The van der Waals surface area contributed by atoms with E-state index in [2.05, 4.69) is 6.58 Å². The number of benzene rings is 2. The van der Waals surface area contributed by atoms with Crippen LogP contribution in [0, 0.1) is 16.3 Å². The van der Waals surface area contributed by atoms with Gasteiger partial charge in [0.1, 0.15) is 12.0 Å². The van der Waals surface area contributed by atoms with Crippen molar-refractivity contribution in [1.82, 2.24) is 0 Å². The molecule has 0 saturated heterocycles. The Kier molecular flexibility index (Phi) is 3.95. The third-order valence-corrected chi connectivity index (χ3v) is 3.84. The topological polar surface area (TPSA) is 0 Å². The van der Waals surface area contributed by atoms with Crippen molar-refractivity contribution in [2.75, 3.05) is 0 Å². The lowest BCUT2D eigenvalue weighted by atomic mass is 10.0. The van der Waals surface area contributed by atoms with Crippen LogP contribution in [-0.4, -0.2) is 6.17 Å². The van der Waals surface area contributed by atoms with Crippen LogP contribution in [0.4, 0.5) is 8.78 Å². The van der Waals surface area contributed by atoms with Gasteiger partial charge in [-0.3, -0.25) is 0 Å². The fraction of sp³-hybridized carbons (Fsp3) is 0.0526. The van der Waals surface area contributed by atoms with Gasteiger partial charge in [0.05, 0.1) is 0 Å². The Bertz CT molecular complexity index is 964. The van der Waals surface area contributed by atoms with Crippen molar-refractivity contribution in [3.05, 3.63) is 92.4 Å². The monoisotopic (exact) mass is 314 g/mol. The highest BCUT2D eigenvalue weighted by molar-refractivity contribution is 6.31. The highest BCUT2D eigenvalue weighted by Gasteiger charge is 2.13. The second-order valence-corrected chi connectivity index (χ2v) is 5.57. The first-order valence-electron chi connectivity index (χ1n) is 6.83. The molecule has 0 spiro atoms. The second-order valence-electron chi connectivity index (χ2n) is 5.13.